The number of hydrogen-bond donors (Lipinski definition) is 2. The van der Waals surface area contributed by atoms with Gasteiger partial charge in [0.2, 0.25) is 5.91 Å². The fourth-order valence-electron chi connectivity index (χ4n) is 2.41. The quantitative estimate of drug-likeness (QED) is 0.862. The highest BCUT2D eigenvalue weighted by Crippen LogP contribution is 2.22. The number of likely N-dealkylation sites (N-methyl/N-ethyl adjacent to an activating group) is 1. The van der Waals surface area contributed by atoms with E-state index in [2.05, 4.69) is 4.98 Å². The first kappa shape index (κ1) is 13.6. The maximum atomic E-state index is 12.2. The number of aliphatic hydroxyl groups is 1. The van der Waals surface area contributed by atoms with Gasteiger partial charge in [0.25, 0.3) is 0 Å². The Kier molecular flexibility index (Phi) is 4.22. The molecule has 102 valence electrons. The summed E-state index contributed by atoms with van der Waals surface area (Å²) < 4.78 is 0. The molecule has 1 amide bonds. The van der Waals surface area contributed by atoms with Gasteiger partial charge in [-0.1, -0.05) is 18.2 Å². The summed E-state index contributed by atoms with van der Waals surface area (Å²) in [7, 11) is 0. The molecule has 1 heterocycles. The van der Waals surface area contributed by atoms with Crippen molar-refractivity contribution in [3.63, 3.8) is 0 Å². The molecule has 0 saturated carbocycles. The van der Waals surface area contributed by atoms with Gasteiger partial charge >= 0.3 is 0 Å². The van der Waals surface area contributed by atoms with Crippen molar-refractivity contribution in [2.45, 2.75) is 20.3 Å². The second-order valence-electron chi connectivity index (χ2n) is 4.65. The van der Waals surface area contributed by atoms with Gasteiger partial charge in [0.05, 0.1) is 13.0 Å². The number of amides is 1. The van der Waals surface area contributed by atoms with Gasteiger partial charge in [0.1, 0.15) is 0 Å². The van der Waals surface area contributed by atoms with E-state index in [-0.39, 0.29) is 12.5 Å². The highest BCUT2D eigenvalue weighted by Gasteiger charge is 2.16. The number of H-pyrrole nitrogens is 1. The Morgan fingerprint density at radius 3 is 2.79 bits per heavy atom. The number of aromatic nitrogens is 1. The Hall–Kier alpha value is -1.81. The topological polar surface area (TPSA) is 56.3 Å². The molecule has 0 atom stereocenters. The van der Waals surface area contributed by atoms with Crippen molar-refractivity contribution in [3.8, 4) is 0 Å². The number of fused-ring (bicyclic) bond motifs is 1. The number of nitrogens with one attached hydrogen (secondary N) is 1. The van der Waals surface area contributed by atoms with Gasteiger partial charge in [-0.15, -0.1) is 0 Å². The Labute approximate surface area is 113 Å². The number of hydrogen-bond acceptors (Lipinski definition) is 2. The minimum Gasteiger partial charge on any atom is -0.395 e. The van der Waals surface area contributed by atoms with Crippen LogP contribution in [0.1, 0.15) is 18.2 Å². The molecule has 2 aromatic rings. The number of aromatic amines is 1. The molecule has 2 rings (SSSR count). The normalized spacial score (nSPS) is 10.9. The lowest BCUT2D eigenvalue weighted by molar-refractivity contribution is -0.130. The molecule has 0 spiro atoms. The lowest BCUT2D eigenvalue weighted by Gasteiger charge is -2.19. The van der Waals surface area contributed by atoms with E-state index in [1.807, 2.05) is 38.1 Å². The van der Waals surface area contributed by atoms with Gasteiger partial charge in [-0.3, -0.25) is 4.79 Å². The molecule has 0 bridgehead atoms. The van der Waals surface area contributed by atoms with E-state index in [1.54, 1.807) is 4.90 Å². The van der Waals surface area contributed by atoms with Crippen molar-refractivity contribution in [1.82, 2.24) is 9.88 Å². The standard InChI is InChI=1S/C15H20N2O2/c1-3-17(8-9-18)15(19)10-13-11(2)16-14-7-5-4-6-12(13)14/h4-7,16,18H,3,8-10H2,1-2H3. The van der Waals surface area contributed by atoms with Gasteiger partial charge in [0, 0.05) is 29.7 Å². The number of carbonyl (C=O) groups excluding carboxylic acids is 1. The van der Waals surface area contributed by atoms with Gasteiger partial charge in [-0.25, -0.2) is 0 Å². The van der Waals surface area contributed by atoms with Crippen LogP contribution in [0.2, 0.25) is 0 Å². The Bertz CT molecular complexity index is 575. The van der Waals surface area contributed by atoms with Crippen LogP contribution < -0.4 is 0 Å². The van der Waals surface area contributed by atoms with Crippen LogP contribution in [0.15, 0.2) is 24.3 Å². The molecular formula is C15H20N2O2. The van der Waals surface area contributed by atoms with Crippen LogP contribution in [-0.2, 0) is 11.2 Å². The number of nitrogens with zero attached hydrogens (tertiary/aromatic N) is 1. The van der Waals surface area contributed by atoms with Crippen LogP contribution in [-0.4, -0.2) is 40.6 Å². The number of aliphatic hydroxyl groups excluding tert-OH is 1. The van der Waals surface area contributed by atoms with Gasteiger partial charge < -0.3 is 15.0 Å². The molecule has 4 nitrogen and oxygen atoms in total. The first-order chi connectivity index (χ1) is 9.17. The molecule has 2 N–H and O–H groups in total. The molecular weight excluding hydrogens is 240 g/mol. The third kappa shape index (κ3) is 2.79. The lowest BCUT2D eigenvalue weighted by atomic mass is 10.1. The number of aryl methyl sites for hydroxylation is 1. The first-order valence-corrected chi connectivity index (χ1v) is 6.62. The highest BCUT2D eigenvalue weighted by atomic mass is 16.3. The summed E-state index contributed by atoms with van der Waals surface area (Å²) in [6, 6.07) is 8.01. The van der Waals surface area contributed by atoms with Gasteiger partial charge in [-0.2, -0.15) is 0 Å². The summed E-state index contributed by atoms with van der Waals surface area (Å²) in [5, 5.41) is 10.1. The Morgan fingerprint density at radius 2 is 2.11 bits per heavy atom. The van der Waals surface area contributed by atoms with E-state index in [9.17, 15) is 4.79 Å². The van der Waals surface area contributed by atoms with Crippen molar-refractivity contribution in [2.75, 3.05) is 19.7 Å². The van der Waals surface area contributed by atoms with Crippen molar-refractivity contribution >= 4 is 16.8 Å². The molecule has 0 aliphatic carbocycles. The predicted molar refractivity (Wildman–Crippen MR) is 76.1 cm³/mol. The van der Waals surface area contributed by atoms with Gasteiger partial charge in [-0.05, 0) is 25.5 Å². The first-order valence-electron chi connectivity index (χ1n) is 6.62. The molecule has 0 unspecified atom stereocenters. The molecule has 0 fully saturated rings. The SMILES string of the molecule is CCN(CCO)C(=O)Cc1c(C)[nH]c2ccccc12. The van der Waals surface area contributed by atoms with Crippen molar-refractivity contribution < 1.29 is 9.90 Å². The van der Waals surface area contributed by atoms with Crippen LogP contribution in [0.4, 0.5) is 0 Å². The largest absolute Gasteiger partial charge is 0.395 e. The summed E-state index contributed by atoms with van der Waals surface area (Å²) in [5.74, 6) is 0.0596. The summed E-state index contributed by atoms with van der Waals surface area (Å²) >= 11 is 0. The Morgan fingerprint density at radius 1 is 1.37 bits per heavy atom. The number of para-hydroxylation sites is 1. The van der Waals surface area contributed by atoms with Crippen LogP contribution >= 0.6 is 0 Å². The van der Waals surface area contributed by atoms with E-state index in [0.29, 0.717) is 19.5 Å². The third-order valence-corrected chi connectivity index (χ3v) is 3.46. The molecule has 0 aliphatic rings. The van der Waals surface area contributed by atoms with E-state index in [0.717, 1.165) is 22.2 Å². The zero-order valence-corrected chi connectivity index (χ0v) is 11.4. The molecule has 0 radical (unpaired) electrons. The average Bonchev–Trinajstić information content (AvgIpc) is 2.72. The average molecular weight is 260 g/mol. The molecule has 4 heteroatoms. The number of rotatable bonds is 5. The molecule has 0 saturated heterocycles. The van der Waals surface area contributed by atoms with Gasteiger partial charge in [0.15, 0.2) is 0 Å². The summed E-state index contributed by atoms with van der Waals surface area (Å²) in [5.41, 5.74) is 3.15. The maximum Gasteiger partial charge on any atom is 0.227 e. The van der Waals surface area contributed by atoms with Crippen molar-refractivity contribution in [2.24, 2.45) is 0 Å². The second-order valence-corrected chi connectivity index (χ2v) is 4.65. The van der Waals surface area contributed by atoms with E-state index in [1.165, 1.54) is 0 Å². The Balaban J connectivity index is 2.25. The molecule has 1 aromatic carbocycles. The van der Waals surface area contributed by atoms with Crippen LogP contribution in [0.3, 0.4) is 0 Å². The second kappa shape index (κ2) is 5.89. The summed E-state index contributed by atoms with van der Waals surface area (Å²) in [6.45, 7) is 4.95. The summed E-state index contributed by atoms with van der Waals surface area (Å²) in [4.78, 5) is 17.2. The minimum absolute atomic E-state index is 0.00640. The van der Waals surface area contributed by atoms with Crippen LogP contribution in [0, 0.1) is 6.92 Å². The molecule has 0 aliphatic heterocycles. The zero-order chi connectivity index (χ0) is 13.8. The molecule has 1 aromatic heterocycles. The maximum absolute atomic E-state index is 12.2. The lowest BCUT2D eigenvalue weighted by Crippen LogP contribution is -2.34. The smallest absolute Gasteiger partial charge is 0.227 e. The minimum atomic E-state index is 0.00640. The third-order valence-electron chi connectivity index (χ3n) is 3.46. The van der Waals surface area contributed by atoms with Crippen LogP contribution in [0.25, 0.3) is 10.9 Å². The van der Waals surface area contributed by atoms with E-state index >= 15 is 0 Å². The fraction of sp³-hybridized carbons (Fsp3) is 0.400. The number of benzene rings is 1. The summed E-state index contributed by atoms with van der Waals surface area (Å²) in [6.07, 6.45) is 0.379. The predicted octanol–water partition coefficient (Wildman–Crippen LogP) is 1.86. The molecule has 19 heavy (non-hydrogen) atoms. The zero-order valence-electron chi connectivity index (χ0n) is 11.4. The highest BCUT2D eigenvalue weighted by molar-refractivity contribution is 5.90. The monoisotopic (exact) mass is 260 g/mol. The fourth-order valence-corrected chi connectivity index (χ4v) is 2.41. The van der Waals surface area contributed by atoms with Crippen LogP contribution in [0.5, 0.6) is 0 Å². The van der Waals surface area contributed by atoms with E-state index in [4.69, 9.17) is 5.11 Å². The van der Waals surface area contributed by atoms with Crippen molar-refractivity contribution in [1.29, 1.82) is 0 Å². The van der Waals surface area contributed by atoms with Crippen molar-refractivity contribution in [3.05, 3.63) is 35.5 Å². The number of carbonyl (C=O) groups is 1. The van der Waals surface area contributed by atoms with E-state index < -0.39 is 0 Å².